The Kier molecular flexibility index (Phi) is 4.38. The van der Waals surface area contributed by atoms with Crippen molar-refractivity contribution >= 4 is 17.3 Å². The maximum Gasteiger partial charge on any atom is 1.00 e. The van der Waals surface area contributed by atoms with Crippen molar-refractivity contribution in [2.24, 2.45) is 0 Å². The summed E-state index contributed by atoms with van der Waals surface area (Å²) in [4.78, 5) is 12.9. The molecular formula is C5H2F2LiNO2S. The minimum Gasteiger partial charge on any atom is -0.542 e. The molecule has 0 N–H and O–H groups in total. The molecule has 7 heteroatoms. The van der Waals surface area contributed by atoms with Gasteiger partial charge in [0.05, 0.1) is 4.88 Å². The Labute approximate surface area is 82.6 Å². The van der Waals surface area contributed by atoms with Crippen LogP contribution >= 0.6 is 11.3 Å². The van der Waals surface area contributed by atoms with Crippen molar-refractivity contribution in [3.05, 3.63) is 16.1 Å². The van der Waals surface area contributed by atoms with Crippen molar-refractivity contribution in [2.75, 3.05) is 0 Å². The summed E-state index contributed by atoms with van der Waals surface area (Å²) in [5.74, 6) is -1.53. The zero-order chi connectivity index (χ0) is 8.43. The van der Waals surface area contributed by atoms with Gasteiger partial charge in [-0.15, -0.1) is 11.3 Å². The Morgan fingerprint density at radius 2 is 2.25 bits per heavy atom. The average Bonchev–Trinajstić information content (AvgIpc) is 2.33. The van der Waals surface area contributed by atoms with Gasteiger partial charge in [-0.05, 0) is 0 Å². The van der Waals surface area contributed by atoms with Crippen molar-refractivity contribution in [1.82, 2.24) is 4.98 Å². The smallest absolute Gasteiger partial charge is 0.542 e. The molecule has 1 aromatic heterocycles. The molecule has 3 nitrogen and oxygen atoms in total. The number of thiazole rings is 1. The van der Waals surface area contributed by atoms with Crippen LogP contribution in [0.5, 0.6) is 0 Å². The summed E-state index contributed by atoms with van der Waals surface area (Å²) in [5.41, 5.74) is 0. The number of carbonyl (C=O) groups is 1. The van der Waals surface area contributed by atoms with Crippen LogP contribution in [0, 0.1) is 0 Å². The molecule has 0 unspecified atom stereocenters. The van der Waals surface area contributed by atoms with Gasteiger partial charge in [-0.25, -0.2) is 13.8 Å². The molecule has 0 spiro atoms. The fourth-order valence-corrected chi connectivity index (χ4v) is 1.09. The van der Waals surface area contributed by atoms with E-state index in [4.69, 9.17) is 0 Å². The Morgan fingerprint density at radius 3 is 2.50 bits per heavy atom. The van der Waals surface area contributed by atoms with Crippen molar-refractivity contribution < 1.29 is 37.5 Å². The standard InChI is InChI=1S/C5H3F2NO2S.Li/c6-3(7)2-1-8-4(11-2)5(9)10;/h1,3H,(H,9,10);/q;+1/p-1. The number of halogens is 2. The molecule has 0 aliphatic rings. The number of hydrogen-bond donors (Lipinski definition) is 0. The predicted molar refractivity (Wildman–Crippen MR) is 31.4 cm³/mol. The Bertz CT molecular complexity index is 278. The van der Waals surface area contributed by atoms with Gasteiger partial charge >= 0.3 is 18.9 Å². The molecule has 1 rings (SSSR count). The van der Waals surface area contributed by atoms with E-state index >= 15 is 0 Å². The van der Waals surface area contributed by atoms with Gasteiger partial charge in [-0.3, -0.25) is 0 Å². The molecule has 0 saturated carbocycles. The number of alkyl halides is 2. The van der Waals surface area contributed by atoms with E-state index in [1.54, 1.807) is 0 Å². The summed E-state index contributed by atoms with van der Waals surface area (Å²) in [6.45, 7) is 0. The fourth-order valence-electron chi connectivity index (χ4n) is 0.482. The summed E-state index contributed by atoms with van der Waals surface area (Å²) in [7, 11) is 0. The second kappa shape index (κ2) is 4.55. The van der Waals surface area contributed by atoms with Crippen LogP contribution in [-0.2, 0) is 0 Å². The first-order chi connectivity index (χ1) is 5.11. The molecule has 60 valence electrons. The van der Waals surface area contributed by atoms with Crippen LogP contribution in [0.4, 0.5) is 8.78 Å². The quantitative estimate of drug-likeness (QED) is 0.476. The minimum absolute atomic E-state index is 0. The maximum atomic E-state index is 11.8. The van der Waals surface area contributed by atoms with E-state index in [0.717, 1.165) is 6.20 Å². The van der Waals surface area contributed by atoms with Gasteiger partial charge in [-0.2, -0.15) is 0 Å². The number of nitrogens with zero attached hydrogens (tertiary/aromatic N) is 1. The Morgan fingerprint density at radius 1 is 1.67 bits per heavy atom. The van der Waals surface area contributed by atoms with E-state index in [2.05, 4.69) is 4.98 Å². The van der Waals surface area contributed by atoms with E-state index < -0.39 is 17.4 Å². The van der Waals surface area contributed by atoms with Crippen LogP contribution in [0.15, 0.2) is 6.20 Å². The first-order valence-corrected chi connectivity index (χ1v) is 3.38. The first kappa shape index (κ1) is 11.6. The van der Waals surface area contributed by atoms with Crippen LogP contribution in [0.3, 0.4) is 0 Å². The minimum atomic E-state index is -2.67. The Hall–Kier alpha value is -0.443. The monoisotopic (exact) mass is 185 g/mol. The molecule has 0 bridgehead atoms. The number of hydrogen-bond acceptors (Lipinski definition) is 4. The van der Waals surface area contributed by atoms with Crippen LogP contribution in [0.1, 0.15) is 21.1 Å². The van der Waals surface area contributed by atoms with E-state index in [1.807, 2.05) is 0 Å². The van der Waals surface area contributed by atoms with Crippen molar-refractivity contribution in [3.8, 4) is 0 Å². The number of carboxylic acid groups (broad SMARTS) is 1. The third-order valence-electron chi connectivity index (χ3n) is 0.913. The number of rotatable bonds is 2. The molecule has 0 aliphatic heterocycles. The first-order valence-electron chi connectivity index (χ1n) is 2.56. The van der Waals surface area contributed by atoms with E-state index in [0.29, 0.717) is 11.3 Å². The molecule has 0 radical (unpaired) electrons. The number of aromatic nitrogens is 1. The summed E-state index contributed by atoms with van der Waals surface area (Å²) in [5, 5.41) is 9.61. The van der Waals surface area contributed by atoms with Crippen molar-refractivity contribution in [1.29, 1.82) is 0 Å². The van der Waals surface area contributed by atoms with Gasteiger partial charge in [0.2, 0.25) is 0 Å². The van der Waals surface area contributed by atoms with E-state index in [9.17, 15) is 18.7 Å². The third-order valence-corrected chi connectivity index (χ3v) is 1.90. The molecule has 0 amide bonds. The summed E-state index contributed by atoms with van der Waals surface area (Å²) >= 11 is 0.426. The number of carbonyl (C=O) groups excluding carboxylic acids is 1. The summed E-state index contributed by atoms with van der Waals surface area (Å²) < 4.78 is 23.6. The Balaban J connectivity index is 0.00000121. The SMILES string of the molecule is O=C([O-])c1ncc(C(F)F)s1.[Li+]. The molecule has 0 atom stereocenters. The van der Waals surface area contributed by atoms with Crippen LogP contribution in [-0.4, -0.2) is 11.0 Å². The molecule has 1 aromatic rings. The van der Waals surface area contributed by atoms with E-state index in [1.165, 1.54) is 0 Å². The summed E-state index contributed by atoms with van der Waals surface area (Å²) in [6.07, 6.45) is -1.83. The molecule has 0 saturated heterocycles. The zero-order valence-corrected chi connectivity index (χ0v) is 6.90. The third kappa shape index (κ3) is 2.55. The van der Waals surface area contributed by atoms with Gasteiger partial charge in [0.25, 0.3) is 6.43 Å². The average molecular weight is 185 g/mol. The summed E-state index contributed by atoms with van der Waals surface area (Å²) in [6, 6.07) is 0. The van der Waals surface area contributed by atoms with Crippen molar-refractivity contribution in [3.63, 3.8) is 0 Å². The van der Waals surface area contributed by atoms with Gasteiger partial charge in [0, 0.05) is 6.20 Å². The molecule has 0 aliphatic carbocycles. The molecule has 0 aromatic carbocycles. The van der Waals surface area contributed by atoms with E-state index in [-0.39, 0.29) is 23.7 Å². The van der Waals surface area contributed by atoms with Crippen LogP contribution in [0.25, 0.3) is 0 Å². The molecule has 12 heavy (non-hydrogen) atoms. The van der Waals surface area contributed by atoms with Gasteiger partial charge < -0.3 is 9.90 Å². The normalized spacial score (nSPS) is 9.58. The fraction of sp³-hybridized carbons (Fsp3) is 0.200. The molecular weight excluding hydrogens is 183 g/mol. The number of carboxylic acids is 1. The van der Waals surface area contributed by atoms with Crippen LogP contribution < -0.4 is 24.0 Å². The molecule has 1 heterocycles. The molecule has 0 fully saturated rings. The predicted octanol–water partition coefficient (Wildman–Crippen LogP) is -2.55. The van der Waals surface area contributed by atoms with Gasteiger partial charge in [0.1, 0.15) is 11.0 Å². The van der Waals surface area contributed by atoms with Crippen molar-refractivity contribution in [2.45, 2.75) is 6.43 Å². The maximum absolute atomic E-state index is 11.8. The van der Waals surface area contributed by atoms with Gasteiger partial charge in [0.15, 0.2) is 0 Å². The second-order valence-electron chi connectivity index (χ2n) is 1.66. The van der Waals surface area contributed by atoms with Crippen LogP contribution in [0.2, 0.25) is 0 Å². The number of aromatic carboxylic acids is 1. The zero-order valence-electron chi connectivity index (χ0n) is 6.08. The largest absolute Gasteiger partial charge is 1.00 e. The van der Waals surface area contributed by atoms with Gasteiger partial charge in [-0.1, -0.05) is 0 Å². The topological polar surface area (TPSA) is 53.0 Å². The second-order valence-corrected chi connectivity index (χ2v) is 2.72.